The predicted octanol–water partition coefficient (Wildman–Crippen LogP) is 1.78. The van der Waals surface area contributed by atoms with Gasteiger partial charge in [0, 0.05) is 37.9 Å². The van der Waals surface area contributed by atoms with Crippen molar-refractivity contribution in [2.75, 3.05) is 29.9 Å². The van der Waals surface area contributed by atoms with Gasteiger partial charge in [0.25, 0.3) is 0 Å². The van der Waals surface area contributed by atoms with Crippen molar-refractivity contribution in [3.63, 3.8) is 0 Å². The Morgan fingerprint density at radius 1 is 1.25 bits per heavy atom. The number of nitrogens with two attached hydrogens (primary N) is 1. The molecular weight excluding hydrogens is 250 g/mol. The monoisotopic (exact) mass is 269 g/mol. The van der Waals surface area contributed by atoms with Crippen molar-refractivity contribution >= 4 is 17.3 Å². The Balaban J connectivity index is 1.84. The fraction of sp³-hybridized carbons (Fsp3) is 0.333. The minimum Gasteiger partial charge on any atom is -0.355 e. The summed E-state index contributed by atoms with van der Waals surface area (Å²) in [6.45, 7) is 1.83. The van der Waals surface area contributed by atoms with E-state index >= 15 is 0 Å². The van der Waals surface area contributed by atoms with Crippen LogP contribution in [0.5, 0.6) is 0 Å². The third-order valence-electron chi connectivity index (χ3n) is 3.67. The Morgan fingerprint density at radius 3 is 2.75 bits per heavy atom. The molecule has 1 unspecified atom stereocenters. The van der Waals surface area contributed by atoms with Crippen LogP contribution in [-0.2, 0) is 0 Å². The van der Waals surface area contributed by atoms with Crippen molar-refractivity contribution < 1.29 is 0 Å². The van der Waals surface area contributed by atoms with Gasteiger partial charge in [0.1, 0.15) is 18.0 Å². The summed E-state index contributed by atoms with van der Waals surface area (Å²) < 4.78 is 0. The number of nitrogens with zero attached hydrogens (tertiary/aromatic N) is 4. The lowest BCUT2D eigenvalue weighted by Gasteiger charge is -2.21. The third kappa shape index (κ3) is 2.58. The Bertz CT molecular complexity index is 571. The molecule has 1 aromatic carbocycles. The summed E-state index contributed by atoms with van der Waals surface area (Å²) in [5.74, 6) is 1.84. The summed E-state index contributed by atoms with van der Waals surface area (Å²) in [6.07, 6.45) is 2.64. The van der Waals surface area contributed by atoms with Gasteiger partial charge in [0.05, 0.1) is 0 Å². The summed E-state index contributed by atoms with van der Waals surface area (Å²) in [5.41, 5.74) is 7.06. The molecule has 2 N–H and O–H groups in total. The van der Waals surface area contributed by atoms with Crippen molar-refractivity contribution in [1.29, 1.82) is 0 Å². The molecule has 1 saturated heterocycles. The smallest absolute Gasteiger partial charge is 0.138 e. The molecule has 5 heteroatoms. The van der Waals surface area contributed by atoms with E-state index in [-0.39, 0.29) is 6.04 Å². The SMILES string of the molecule is CN(c1ccccc1)c1cc(N2CCC(N)C2)ncn1. The van der Waals surface area contributed by atoms with Gasteiger partial charge in [-0.1, -0.05) is 18.2 Å². The number of aromatic nitrogens is 2. The van der Waals surface area contributed by atoms with E-state index in [4.69, 9.17) is 5.73 Å². The van der Waals surface area contributed by atoms with Crippen LogP contribution in [0.3, 0.4) is 0 Å². The lowest BCUT2D eigenvalue weighted by Crippen LogP contribution is -2.27. The summed E-state index contributed by atoms with van der Waals surface area (Å²) >= 11 is 0. The topological polar surface area (TPSA) is 58.3 Å². The van der Waals surface area contributed by atoms with Crippen LogP contribution < -0.4 is 15.5 Å². The number of anilines is 3. The Kier molecular flexibility index (Phi) is 3.52. The molecule has 1 atom stereocenters. The zero-order chi connectivity index (χ0) is 13.9. The van der Waals surface area contributed by atoms with Gasteiger partial charge in [-0.05, 0) is 18.6 Å². The maximum absolute atomic E-state index is 5.96. The summed E-state index contributed by atoms with van der Waals surface area (Å²) in [7, 11) is 2.01. The van der Waals surface area contributed by atoms with E-state index in [0.29, 0.717) is 0 Å². The average molecular weight is 269 g/mol. The summed E-state index contributed by atoms with van der Waals surface area (Å²) in [6, 6.07) is 12.4. The first kappa shape index (κ1) is 12.9. The van der Waals surface area contributed by atoms with E-state index in [2.05, 4.69) is 31.9 Å². The van der Waals surface area contributed by atoms with Crippen LogP contribution in [0.2, 0.25) is 0 Å². The fourth-order valence-corrected chi connectivity index (χ4v) is 2.47. The Hall–Kier alpha value is -2.14. The summed E-state index contributed by atoms with van der Waals surface area (Å²) in [5, 5.41) is 0. The molecule has 2 aromatic rings. The number of hydrogen-bond acceptors (Lipinski definition) is 5. The molecule has 0 saturated carbocycles. The zero-order valence-corrected chi connectivity index (χ0v) is 11.6. The third-order valence-corrected chi connectivity index (χ3v) is 3.67. The van der Waals surface area contributed by atoms with Crippen LogP contribution in [0.1, 0.15) is 6.42 Å². The van der Waals surface area contributed by atoms with E-state index in [1.807, 2.05) is 31.3 Å². The van der Waals surface area contributed by atoms with Gasteiger partial charge in [-0.25, -0.2) is 9.97 Å². The number of benzene rings is 1. The van der Waals surface area contributed by atoms with Crippen molar-refractivity contribution in [3.8, 4) is 0 Å². The molecule has 1 aliphatic rings. The van der Waals surface area contributed by atoms with Crippen LogP contribution in [0.15, 0.2) is 42.7 Å². The predicted molar refractivity (Wildman–Crippen MR) is 81.3 cm³/mol. The normalized spacial score (nSPS) is 18.3. The lowest BCUT2D eigenvalue weighted by atomic mass is 10.3. The Labute approximate surface area is 119 Å². The standard InChI is InChI=1S/C15H19N5/c1-19(13-5-3-2-4-6-13)14-9-15(18-11-17-14)20-8-7-12(16)10-20/h2-6,9,11-12H,7-8,10,16H2,1H3. The second-order valence-corrected chi connectivity index (χ2v) is 5.12. The minimum atomic E-state index is 0.250. The molecule has 0 bridgehead atoms. The molecule has 1 aromatic heterocycles. The van der Waals surface area contributed by atoms with Gasteiger partial charge in [-0.3, -0.25) is 0 Å². The van der Waals surface area contributed by atoms with Gasteiger partial charge in [-0.2, -0.15) is 0 Å². The van der Waals surface area contributed by atoms with E-state index < -0.39 is 0 Å². The van der Waals surface area contributed by atoms with Gasteiger partial charge < -0.3 is 15.5 Å². The maximum Gasteiger partial charge on any atom is 0.138 e. The van der Waals surface area contributed by atoms with Crippen molar-refractivity contribution in [1.82, 2.24) is 9.97 Å². The highest BCUT2D eigenvalue weighted by atomic mass is 15.2. The highest BCUT2D eigenvalue weighted by molar-refractivity contribution is 5.61. The largest absolute Gasteiger partial charge is 0.355 e. The second-order valence-electron chi connectivity index (χ2n) is 5.12. The number of hydrogen-bond donors (Lipinski definition) is 1. The maximum atomic E-state index is 5.96. The van der Waals surface area contributed by atoms with E-state index in [0.717, 1.165) is 36.8 Å². The van der Waals surface area contributed by atoms with E-state index in [1.165, 1.54) is 0 Å². The molecule has 5 nitrogen and oxygen atoms in total. The number of rotatable bonds is 3. The molecule has 0 spiro atoms. The first-order chi connectivity index (χ1) is 9.74. The van der Waals surface area contributed by atoms with E-state index in [9.17, 15) is 0 Å². The van der Waals surface area contributed by atoms with Crippen LogP contribution in [0.25, 0.3) is 0 Å². The Morgan fingerprint density at radius 2 is 2.05 bits per heavy atom. The van der Waals surface area contributed by atoms with Gasteiger partial charge in [0.15, 0.2) is 0 Å². The van der Waals surface area contributed by atoms with Gasteiger partial charge in [0.2, 0.25) is 0 Å². The molecule has 0 aliphatic carbocycles. The van der Waals surface area contributed by atoms with Crippen molar-refractivity contribution in [2.24, 2.45) is 5.73 Å². The fourth-order valence-electron chi connectivity index (χ4n) is 2.47. The van der Waals surface area contributed by atoms with Crippen LogP contribution in [-0.4, -0.2) is 36.1 Å². The molecule has 0 radical (unpaired) electrons. The molecule has 20 heavy (non-hydrogen) atoms. The summed E-state index contributed by atoms with van der Waals surface area (Å²) in [4.78, 5) is 13.0. The lowest BCUT2D eigenvalue weighted by molar-refractivity contribution is 0.751. The molecule has 1 fully saturated rings. The van der Waals surface area contributed by atoms with Crippen LogP contribution in [0, 0.1) is 0 Å². The first-order valence-electron chi connectivity index (χ1n) is 6.85. The van der Waals surface area contributed by atoms with Crippen molar-refractivity contribution in [2.45, 2.75) is 12.5 Å². The van der Waals surface area contributed by atoms with Crippen LogP contribution >= 0.6 is 0 Å². The highest BCUT2D eigenvalue weighted by Crippen LogP contribution is 2.25. The quantitative estimate of drug-likeness (QED) is 0.920. The van der Waals surface area contributed by atoms with Crippen molar-refractivity contribution in [3.05, 3.63) is 42.7 Å². The van der Waals surface area contributed by atoms with Gasteiger partial charge >= 0.3 is 0 Å². The molecule has 0 amide bonds. The average Bonchev–Trinajstić information content (AvgIpc) is 2.94. The zero-order valence-electron chi connectivity index (χ0n) is 11.6. The molecule has 1 aliphatic heterocycles. The minimum absolute atomic E-state index is 0.250. The second kappa shape index (κ2) is 5.46. The number of para-hydroxylation sites is 1. The molecule has 3 rings (SSSR count). The molecule has 2 heterocycles. The van der Waals surface area contributed by atoms with Crippen LogP contribution in [0.4, 0.5) is 17.3 Å². The molecule has 104 valence electrons. The highest BCUT2D eigenvalue weighted by Gasteiger charge is 2.21. The van der Waals surface area contributed by atoms with E-state index in [1.54, 1.807) is 6.33 Å². The first-order valence-corrected chi connectivity index (χ1v) is 6.85. The van der Waals surface area contributed by atoms with Gasteiger partial charge in [-0.15, -0.1) is 0 Å². The molecular formula is C15H19N5.